The number of carbonyl (C=O) groups is 1. The predicted octanol–water partition coefficient (Wildman–Crippen LogP) is 4.47. The maximum absolute atomic E-state index is 12.2. The maximum Gasteiger partial charge on any atom is 0.345 e. The fourth-order valence-corrected chi connectivity index (χ4v) is 3.60. The van der Waals surface area contributed by atoms with Crippen LogP contribution in [0.2, 0.25) is 0 Å². The number of benzene rings is 2. The van der Waals surface area contributed by atoms with Gasteiger partial charge in [0.2, 0.25) is 0 Å². The minimum Gasteiger partial charge on any atom is -0.421 e. The van der Waals surface area contributed by atoms with Gasteiger partial charge in [-0.15, -0.1) is 0 Å². The van der Waals surface area contributed by atoms with Crippen LogP contribution in [0.5, 0.6) is 0 Å². The van der Waals surface area contributed by atoms with Crippen molar-refractivity contribution in [3.8, 4) is 0 Å². The molecule has 5 nitrogen and oxygen atoms in total. The molecular weight excluding hydrogens is 452 g/mol. The van der Waals surface area contributed by atoms with Crippen molar-refractivity contribution in [1.29, 1.82) is 0 Å². The van der Waals surface area contributed by atoms with Gasteiger partial charge in [-0.1, -0.05) is 34.1 Å². The number of hydrazone groups is 1. The van der Waals surface area contributed by atoms with Gasteiger partial charge in [0.05, 0.1) is 15.7 Å². The largest absolute Gasteiger partial charge is 0.421 e. The van der Waals surface area contributed by atoms with Crippen molar-refractivity contribution in [2.75, 3.05) is 0 Å². The molecule has 0 saturated carbocycles. The van der Waals surface area contributed by atoms with Crippen molar-refractivity contribution < 1.29 is 9.21 Å². The molecule has 3 aromatic rings. The van der Waals surface area contributed by atoms with Crippen molar-refractivity contribution in [2.24, 2.45) is 5.10 Å². The van der Waals surface area contributed by atoms with Gasteiger partial charge in [-0.25, -0.2) is 10.2 Å². The number of hydrogen-bond acceptors (Lipinski definition) is 4. The third-order valence-corrected chi connectivity index (χ3v) is 4.55. The molecule has 7 heteroatoms. The van der Waals surface area contributed by atoms with E-state index < -0.39 is 5.63 Å². The molecule has 25 heavy (non-hydrogen) atoms. The summed E-state index contributed by atoms with van der Waals surface area (Å²) >= 11 is 6.77. The minimum absolute atomic E-state index is 0.283. The van der Waals surface area contributed by atoms with Crippen LogP contribution in [0.1, 0.15) is 22.8 Å². The van der Waals surface area contributed by atoms with E-state index in [2.05, 4.69) is 42.4 Å². The average Bonchev–Trinajstić information content (AvgIpc) is 2.60. The summed E-state index contributed by atoms with van der Waals surface area (Å²) in [6, 6.07) is 14.0. The first-order valence-corrected chi connectivity index (χ1v) is 8.87. The lowest BCUT2D eigenvalue weighted by molar-refractivity contribution is 0.0955. The smallest absolute Gasteiger partial charge is 0.345 e. The van der Waals surface area contributed by atoms with Gasteiger partial charge in [-0.3, -0.25) is 4.79 Å². The van der Waals surface area contributed by atoms with E-state index in [-0.39, 0.29) is 11.5 Å². The fraction of sp³-hybridized carbons (Fsp3) is 0.0556. The standard InChI is InChI=1S/C18H12Br2N2O3/c1-10(21-22-17(23)11-5-3-2-4-6-11)14-8-12-7-13(19)9-15(20)16(12)25-18(14)24/h2-9H,1H3,(H,22,23)/b21-10+. The first-order valence-electron chi connectivity index (χ1n) is 7.28. The van der Waals surface area contributed by atoms with Crippen molar-refractivity contribution >= 4 is 54.4 Å². The molecule has 0 unspecified atom stereocenters. The van der Waals surface area contributed by atoms with Gasteiger partial charge in [0.1, 0.15) is 0 Å². The summed E-state index contributed by atoms with van der Waals surface area (Å²) in [7, 11) is 0. The van der Waals surface area contributed by atoms with E-state index in [4.69, 9.17) is 4.42 Å². The molecule has 2 aromatic carbocycles. The second-order valence-corrected chi connectivity index (χ2v) is 7.03. The Kier molecular flexibility index (Phi) is 5.15. The van der Waals surface area contributed by atoms with E-state index >= 15 is 0 Å². The molecule has 0 aliphatic carbocycles. The van der Waals surface area contributed by atoms with Crippen LogP contribution in [0.25, 0.3) is 11.0 Å². The predicted molar refractivity (Wildman–Crippen MR) is 104 cm³/mol. The first kappa shape index (κ1) is 17.6. The Morgan fingerprint density at radius 2 is 1.84 bits per heavy atom. The first-order chi connectivity index (χ1) is 12.0. The molecule has 1 aromatic heterocycles. The Labute approximate surface area is 160 Å². The molecule has 1 amide bonds. The van der Waals surface area contributed by atoms with Crippen molar-refractivity contribution in [3.63, 3.8) is 0 Å². The molecule has 0 radical (unpaired) electrons. The third kappa shape index (κ3) is 3.88. The van der Waals surface area contributed by atoms with Crippen LogP contribution in [0.4, 0.5) is 0 Å². The van der Waals surface area contributed by atoms with Crippen LogP contribution >= 0.6 is 31.9 Å². The monoisotopic (exact) mass is 462 g/mol. The second-order valence-electron chi connectivity index (χ2n) is 5.26. The van der Waals surface area contributed by atoms with E-state index in [1.807, 2.05) is 12.1 Å². The van der Waals surface area contributed by atoms with Gasteiger partial charge in [0.15, 0.2) is 5.58 Å². The van der Waals surface area contributed by atoms with Gasteiger partial charge in [0, 0.05) is 15.4 Å². The Hall–Kier alpha value is -2.25. The van der Waals surface area contributed by atoms with Crippen LogP contribution in [0.15, 0.2) is 71.8 Å². The average molecular weight is 464 g/mol. The molecule has 3 rings (SSSR count). The lowest BCUT2D eigenvalue weighted by Gasteiger charge is -2.05. The maximum atomic E-state index is 12.2. The summed E-state index contributed by atoms with van der Waals surface area (Å²) < 4.78 is 6.89. The molecule has 0 aliphatic rings. The molecule has 1 N–H and O–H groups in total. The minimum atomic E-state index is -0.522. The molecule has 0 saturated heterocycles. The topological polar surface area (TPSA) is 71.7 Å². The zero-order valence-electron chi connectivity index (χ0n) is 13.0. The highest BCUT2D eigenvalue weighted by Crippen LogP contribution is 2.28. The number of halogens is 2. The van der Waals surface area contributed by atoms with E-state index in [0.29, 0.717) is 21.3 Å². The number of rotatable bonds is 3. The summed E-state index contributed by atoms with van der Waals surface area (Å²) in [5, 5.41) is 4.75. The number of nitrogens with zero attached hydrogens (tertiary/aromatic N) is 1. The van der Waals surface area contributed by atoms with Crippen LogP contribution in [-0.2, 0) is 0 Å². The van der Waals surface area contributed by atoms with Crippen LogP contribution in [-0.4, -0.2) is 11.6 Å². The van der Waals surface area contributed by atoms with Gasteiger partial charge in [-0.2, -0.15) is 5.10 Å². The molecule has 1 heterocycles. The molecule has 0 atom stereocenters. The highest BCUT2D eigenvalue weighted by molar-refractivity contribution is 9.11. The van der Waals surface area contributed by atoms with Gasteiger partial charge in [0.25, 0.3) is 5.91 Å². The van der Waals surface area contributed by atoms with Gasteiger partial charge < -0.3 is 4.42 Å². The number of carbonyl (C=O) groups excluding carboxylic acids is 1. The molecule has 0 spiro atoms. The Bertz CT molecular complexity index is 1040. The SMILES string of the molecule is C/C(=N\NC(=O)c1ccccc1)c1cc2cc(Br)cc(Br)c2oc1=O. The molecule has 0 fully saturated rings. The van der Waals surface area contributed by atoms with Gasteiger partial charge in [-0.05, 0) is 53.2 Å². The molecule has 0 bridgehead atoms. The summed E-state index contributed by atoms with van der Waals surface area (Å²) in [6.07, 6.45) is 0. The van der Waals surface area contributed by atoms with Crippen LogP contribution < -0.4 is 11.1 Å². The zero-order chi connectivity index (χ0) is 18.0. The lowest BCUT2D eigenvalue weighted by Crippen LogP contribution is -2.21. The highest BCUT2D eigenvalue weighted by atomic mass is 79.9. The van der Waals surface area contributed by atoms with Crippen LogP contribution in [0, 0.1) is 0 Å². The zero-order valence-corrected chi connectivity index (χ0v) is 16.2. The lowest BCUT2D eigenvalue weighted by atomic mass is 10.1. The highest BCUT2D eigenvalue weighted by Gasteiger charge is 2.12. The summed E-state index contributed by atoms with van der Waals surface area (Å²) in [6.45, 7) is 1.64. The number of amides is 1. The van der Waals surface area contributed by atoms with E-state index in [9.17, 15) is 9.59 Å². The van der Waals surface area contributed by atoms with Gasteiger partial charge >= 0.3 is 5.63 Å². The number of hydrogen-bond donors (Lipinski definition) is 1. The van der Waals surface area contributed by atoms with Crippen molar-refractivity contribution in [1.82, 2.24) is 5.43 Å². The molecular formula is C18H12Br2N2O3. The Morgan fingerprint density at radius 1 is 1.12 bits per heavy atom. The fourth-order valence-electron chi connectivity index (χ4n) is 2.26. The quantitative estimate of drug-likeness (QED) is 0.353. The number of nitrogens with one attached hydrogen (secondary N) is 1. The van der Waals surface area contributed by atoms with E-state index in [1.54, 1.807) is 43.3 Å². The summed E-state index contributed by atoms with van der Waals surface area (Å²) in [5.41, 5.74) is 3.50. The normalized spacial score (nSPS) is 11.6. The Balaban J connectivity index is 1.94. The summed E-state index contributed by atoms with van der Waals surface area (Å²) in [5.74, 6) is -0.351. The van der Waals surface area contributed by atoms with Crippen LogP contribution in [0.3, 0.4) is 0 Å². The second kappa shape index (κ2) is 7.33. The van der Waals surface area contributed by atoms with E-state index in [1.165, 1.54) is 0 Å². The Morgan fingerprint density at radius 3 is 2.56 bits per heavy atom. The van der Waals surface area contributed by atoms with Crippen molar-refractivity contribution in [2.45, 2.75) is 6.92 Å². The molecule has 0 aliphatic heterocycles. The summed E-state index contributed by atoms with van der Waals surface area (Å²) in [4.78, 5) is 24.3. The van der Waals surface area contributed by atoms with E-state index in [0.717, 1.165) is 9.86 Å². The van der Waals surface area contributed by atoms with Crippen molar-refractivity contribution in [3.05, 3.63) is 79.0 Å². The molecule has 126 valence electrons. The third-order valence-electron chi connectivity index (χ3n) is 3.50. The number of fused-ring (bicyclic) bond motifs is 1.